The second-order valence-electron chi connectivity index (χ2n) is 5.31. The van der Waals surface area contributed by atoms with E-state index in [1.807, 2.05) is 0 Å². The summed E-state index contributed by atoms with van der Waals surface area (Å²) in [5.41, 5.74) is 0.999. The van der Waals surface area contributed by atoms with Gasteiger partial charge in [-0.2, -0.15) is 0 Å². The van der Waals surface area contributed by atoms with Gasteiger partial charge in [-0.3, -0.25) is 9.78 Å². The molecule has 1 aliphatic rings. The lowest BCUT2D eigenvalue weighted by molar-refractivity contribution is 0.0665. The number of piperazine rings is 1. The van der Waals surface area contributed by atoms with Gasteiger partial charge in [-0.15, -0.1) is 0 Å². The van der Waals surface area contributed by atoms with E-state index in [-0.39, 0.29) is 11.9 Å². The number of hydrogen-bond donors (Lipinski definition) is 1. The number of halogens is 1. The smallest absolute Gasteiger partial charge is 0.321 e. The Hall–Kier alpha value is -2.67. The van der Waals surface area contributed by atoms with Gasteiger partial charge in [0.05, 0.1) is 6.20 Å². The molecule has 0 radical (unpaired) electrons. The second kappa shape index (κ2) is 7.27. The summed E-state index contributed by atoms with van der Waals surface area (Å²) in [5, 5.41) is 3.43. The van der Waals surface area contributed by atoms with Crippen molar-refractivity contribution in [2.45, 2.75) is 0 Å². The zero-order chi connectivity index (χ0) is 16.9. The van der Waals surface area contributed by atoms with Crippen molar-refractivity contribution in [2.24, 2.45) is 0 Å². The Morgan fingerprint density at radius 3 is 2.29 bits per heavy atom. The monoisotopic (exact) mass is 345 g/mol. The fourth-order valence-corrected chi connectivity index (χ4v) is 2.55. The SMILES string of the molecule is O=C(Nc1ccc(Cl)cc1)N1CCN(C(=O)c2cnccn2)CC1. The molecule has 0 spiro atoms. The number of nitrogens with one attached hydrogen (secondary N) is 1. The molecule has 0 saturated carbocycles. The lowest BCUT2D eigenvalue weighted by Gasteiger charge is -2.34. The van der Waals surface area contributed by atoms with Crippen LogP contribution in [0.25, 0.3) is 0 Å². The summed E-state index contributed by atoms with van der Waals surface area (Å²) in [6.07, 6.45) is 4.46. The van der Waals surface area contributed by atoms with E-state index in [0.717, 1.165) is 0 Å². The zero-order valence-corrected chi connectivity index (χ0v) is 13.6. The van der Waals surface area contributed by atoms with Crippen molar-refractivity contribution in [3.8, 4) is 0 Å². The molecule has 3 amide bonds. The number of carbonyl (C=O) groups excluding carboxylic acids is 2. The van der Waals surface area contributed by atoms with Gasteiger partial charge in [0.25, 0.3) is 5.91 Å². The highest BCUT2D eigenvalue weighted by Gasteiger charge is 2.25. The largest absolute Gasteiger partial charge is 0.334 e. The van der Waals surface area contributed by atoms with Gasteiger partial charge < -0.3 is 15.1 Å². The minimum atomic E-state index is -0.191. The fourth-order valence-electron chi connectivity index (χ4n) is 2.42. The van der Waals surface area contributed by atoms with Crippen molar-refractivity contribution in [1.82, 2.24) is 19.8 Å². The molecule has 1 N–H and O–H groups in total. The summed E-state index contributed by atoms with van der Waals surface area (Å²) < 4.78 is 0. The number of amides is 3. The Bertz CT molecular complexity index is 715. The van der Waals surface area contributed by atoms with Gasteiger partial charge in [0.2, 0.25) is 0 Å². The van der Waals surface area contributed by atoms with E-state index >= 15 is 0 Å². The standard InChI is InChI=1S/C16H16ClN5O2/c17-12-1-3-13(4-2-12)20-16(24)22-9-7-21(8-10-22)15(23)14-11-18-5-6-19-14/h1-6,11H,7-10H2,(H,20,24). The molecule has 0 aliphatic carbocycles. The van der Waals surface area contributed by atoms with E-state index < -0.39 is 0 Å². The molecule has 1 fully saturated rings. The summed E-state index contributed by atoms with van der Waals surface area (Å²) in [6, 6.07) is 6.73. The lowest BCUT2D eigenvalue weighted by Crippen LogP contribution is -2.51. The topological polar surface area (TPSA) is 78.4 Å². The number of carbonyl (C=O) groups is 2. The van der Waals surface area contributed by atoms with Crippen molar-refractivity contribution >= 4 is 29.2 Å². The van der Waals surface area contributed by atoms with Crippen LogP contribution in [0.15, 0.2) is 42.9 Å². The van der Waals surface area contributed by atoms with Gasteiger partial charge in [0, 0.05) is 49.3 Å². The first-order valence-corrected chi connectivity index (χ1v) is 7.88. The molecule has 3 rings (SSSR count). The van der Waals surface area contributed by atoms with E-state index in [1.54, 1.807) is 34.1 Å². The van der Waals surface area contributed by atoms with Crippen LogP contribution < -0.4 is 5.32 Å². The highest BCUT2D eigenvalue weighted by atomic mass is 35.5. The Balaban J connectivity index is 1.54. The number of benzene rings is 1. The third kappa shape index (κ3) is 3.80. The van der Waals surface area contributed by atoms with Crippen LogP contribution in [0.2, 0.25) is 5.02 Å². The first kappa shape index (κ1) is 16.2. The number of nitrogens with zero attached hydrogens (tertiary/aromatic N) is 4. The molecule has 24 heavy (non-hydrogen) atoms. The third-order valence-corrected chi connectivity index (χ3v) is 3.98. The number of aromatic nitrogens is 2. The van der Waals surface area contributed by atoms with Crippen LogP contribution in [0.3, 0.4) is 0 Å². The number of hydrogen-bond acceptors (Lipinski definition) is 4. The summed E-state index contributed by atoms with van der Waals surface area (Å²) in [5.74, 6) is -0.166. The molecule has 2 heterocycles. The Kier molecular flexibility index (Phi) is 4.90. The average Bonchev–Trinajstić information content (AvgIpc) is 2.64. The molecular weight excluding hydrogens is 330 g/mol. The summed E-state index contributed by atoms with van der Waals surface area (Å²) >= 11 is 5.82. The lowest BCUT2D eigenvalue weighted by atomic mass is 10.3. The molecule has 0 atom stereocenters. The van der Waals surface area contributed by atoms with Crippen molar-refractivity contribution in [3.63, 3.8) is 0 Å². The molecule has 124 valence electrons. The zero-order valence-electron chi connectivity index (χ0n) is 12.9. The molecule has 1 aromatic carbocycles. The van der Waals surface area contributed by atoms with Gasteiger partial charge in [-0.25, -0.2) is 9.78 Å². The first-order valence-electron chi connectivity index (χ1n) is 7.50. The molecule has 1 aromatic heterocycles. The summed E-state index contributed by atoms with van der Waals surface area (Å²) in [4.78, 5) is 35.8. The minimum Gasteiger partial charge on any atom is -0.334 e. The average molecular weight is 346 g/mol. The van der Waals surface area contributed by atoms with Crippen LogP contribution in [0.1, 0.15) is 10.5 Å². The molecule has 1 aliphatic heterocycles. The molecule has 8 heteroatoms. The Labute approximate surface area is 144 Å². The van der Waals surface area contributed by atoms with Crippen molar-refractivity contribution in [1.29, 1.82) is 0 Å². The van der Waals surface area contributed by atoms with E-state index in [1.165, 1.54) is 18.6 Å². The van der Waals surface area contributed by atoms with Crippen molar-refractivity contribution in [3.05, 3.63) is 53.6 Å². The number of rotatable bonds is 2. The number of urea groups is 1. The maximum Gasteiger partial charge on any atom is 0.321 e. The molecule has 0 bridgehead atoms. The Morgan fingerprint density at radius 1 is 1.00 bits per heavy atom. The predicted molar refractivity (Wildman–Crippen MR) is 90.0 cm³/mol. The van der Waals surface area contributed by atoms with E-state index in [9.17, 15) is 9.59 Å². The second-order valence-corrected chi connectivity index (χ2v) is 5.74. The molecule has 0 unspecified atom stereocenters. The van der Waals surface area contributed by atoms with Gasteiger partial charge in [-0.1, -0.05) is 11.6 Å². The minimum absolute atomic E-state index is 0.166. The summed E-state index contributed by atoms with van der Waals surface area (Å²) in [7, 11) is 0. The van der Waals surface area contributed by atoms with Crippen molar-refractivity contribution < 1.29 is 9.59 Å². The van der Waals surface area contributed by atoms with E-state index in [0.29, 0.717) is 42.6 Å². The van der Waals surface area contributed by atoms with Gasteiger partial charge in [-0.05, 0) is 24.3 Å². The number of anilines is 1. The third-order valence-electron chi connectivity index (χ3n) is 3.73. The van der Waals surface area contributed by atoms with E-state index in [2.05, 4.69) is 15.3 Å². The highest BCUT2D eigenvalue weighted by Crippen LogP contribution is 2.14. The van der Waals surface area contributed by atoms with Gasteiger partial charge >= 0.3 is 6.03 Å². The van der Waals surface area contributed by atoms with Crippen LogP contribution >= 0.6 is 11.6 Å². The normalized spacial score (nSPS) is 14.4. The van der Waals surface area contributed by atoms with E-state index in [4.69, 9.17) is 11.6 Å². The summed E-state index contributed by atoms with van der Waals surface area (Å²) in [6.45, 7) is 1.85. The fraction of sp³-hybridized carbons (Fsp3) is 0.250. The molecular formula is C16H16ClN5O2. The Morgan fingerprint density at radius 2 is 1.67 bits per heavy atom. The highest BCUT2D eigenvalue weighted by molar-refractivity contribution is 6.30. The first-order chi connectivity index (χ1) is 11.6. The van der Waals surface area contributed by atoms with Gasteiger partial charge in [0.1, 0.15) is 5.69 Å². The van der Waals surface area contributed by atoms with Crippen LogP contribution in [0.5, 0.6) is 0 Å². The quantitative estimate of drug-likeness (QED) is 0.904. The van der Waals surface area contributed by atoms with Crippen LogP contribution in [0.4, 0.5) is 10.5 Å². The van der Waals surface area contributed by atoms with Crippen LogP contribution in [-0.2, 0) is 0 Å². The van der Waals surface area contributed by atoms with Crippen molar-refractivity contribution in [2.75, 3.05) is 31.5 Å². The molecule has 2 aromatic rings. The maximum absolute atomic E-state index is 12.3. The van der Waals surface area contributed by atoms with Gasteiger partial charge in [0.15, 0.2) is 0 Å². The molecule has 7 nitrogen and oxygen atoms in total. The maximum atomic E-state index is 12.3. The van der Waals surface area contributed by atoms with Crippen LogP contribution in [0, 0.1) is 0 Å². The predicted octanol–water partition coefficient (Wildman–Crippen LogP) is 2.12. The van der Waals surface area contributed by atoms with Crippen LogP contribution in [-0.4, -0.2) is 57.9 Å². The molecule has 1 saturated heterocycles.